The number of nitrogens with zero attached hydrogens (tertiary/aromatic N) is 5. The summed E-state index contributed by atoms with van der Waals surface area (Å²) in [5.41, 5.74) is 0.943. The summed E-state index contributed by atoms with van der Waals surface area (Å²) in [4.78, 5) is 18.7. The van der Waals surface area contributed by atoms with Crippen LogP contribution in [-0.4, -0.2) is 52.1 Å². The molecular weight excluding hydrogens is 322 g/mol. The number of nitrogens with one attached hydrogen (secondary N) is 2. The smallest absolute Gasteiger partial charge is 0.315 e. The first-order chi connectivity index (χ1) is 12.1. The van der Waals surface area contributed by atoms with Crippen LogP contribution in [0.25, 0.3) is 0 Å². The van der Waals surface area contributed by atoms with E-state index in [4.69, 9.17) is 4.74 Å². The Morgan fingerprint density at radius 1 is 1.36 bits per heavy atom. The van der Waals surface area contributed by atoms with Gasteiger partial charge in [-0.2, -0.15) is 0 Å². The standard InChI is InChI=1S/C16H23N7O2/c1-12(15-21-19-11-22(15)2)20-16(24)18-10-13-3-4-14(17-9-13)23-5-7-25-8-6-23/h3-4,9,11-12H,5-8,10H2,1-2H3,(H2,18,20,24)/t12-/m1/s1. The maximum Gasteiger partial charge on any atom is 0.315 e. The van der Waals surface area contributed by atoms with Gasteiger partial charge in [-0.1, -0.05) is 6.07 Å². The third-order valence-electron chi connectivity index (χ3n) is 4.08. The van der Waals surface area contributed by atoms with Gasteiger partial charge in [0.15, 0.2) is 5.82 Å². The zero-order chi connectivity index (χ0) is 17.6. The highest BCUT2D eigenvalue weighted by atomic mass is 16.5. The normalized spacial score (nSPS) is 15.7. The molecule has 0 radical (unpaired) electrons. The average molecular weight is 345 g/mol. The molecule has 0 unspecified atom stereocenters. The molecule has 9 nitrogen and oxygen atoms in total. The second-order valence-electron chi connectivity index (χ2n) is 5.97. The fourth-order valence-electron chi connectivity index (χ4n) is 2.68. The topological polar surface area (TPSA) is 97.2 Å². The van der Waals surface area contributed by atoms with Crippen LogP contribution < -0.4 is 15.5 Å². The van der Waals surface area contributed by atoms with Crippen molar-refractivity contribution in [2.75, 3.05) is 31.2 Å². The molecule has 2 amide bonds. The van der Waals surface area contributed by atoms with E-state index in [9.17, 15) is 4.79 Å². The Morgan fingerprint density at radius 3 is 2.80 bits per heavy atom. The predicted molar refractivity (Wildman–Crippen MR) is 92.1 cm³/mol. The van der Waals surface area contributed by atoms with Gasteiger partial charge in [-0.15, -0.1) is 10.2 Å². The minimum absolute atomic E-state index is 0.227. The first kappa shape index (κ1) is 17.2. The lowest BCUT2D eigenvalue weighted by molar-refractivity contribution is 0.122. The summed E-state index contributed by atoms with van der Waals surface area (Å²) in [5, 5.41) is 13.5. The van der Waals surface area contributed by atoms with Crippen LogP contribution >= 0.6 is 0 Å². The lowest BCUT2D eigenvalue weighted by Gasteiger charge is -2.27. The molecule has 0 aliphatic carbocycles. The van der Waals surface area contributed by atoms with E-state index in [2.05, 4.69) is 30.7 Å². The molecule has 25 heavy (non-hydrogen) atoms. The number of pyridine rings is 1. The van der Waals surface area contributed by atoms with Crippen molar-refractivity contribution < 1.29 is 9.53 Å². The Balaban J connectivity index is 1.47. The van der Waals surface area contributed by atoms with Crippen LogP contribution in [0.2, 0.25) is 0 Å². The molecule has 0 aromatic carbocycles. The summed E-state index contributed by atoms with van der Waals surface area (Å²) in [5.74, 6) is 1.64. The molecule has 1 aliphatic heterocycles. The van der Waals surface area contributed by atoms with Crippen LogP contribution in [0.3, 0.4) is 0 Å². The highest BCUT2D eigenvalue weighted by Crippen LogP contribution is 2.13. The first-order valence-electron chi connectivity index (χ1n) is 8.29. The Bertz CT molecular complexity index is 695. The van der Waals surface area contributed by atoms with E-state index in [-0.39, 0.29) is 12.1 Å². The highest BCUT2D eigenvalue weighted by molar-refractivity contribution is 5.74. The molecule has 9 heteroatoms. The second-order valence-corrected chi connectivity index (χ2v) is 5.97. The summed E-state index contributed by atoms with van der Waals surface area (Å²) in [6, 6.07) is 3.47. The van der Waals surface area contributed by atoms with E-state index in [0.29, 0.717) is 12.4 Å². The summed E-state index contributed by atoms with van der Waals surface area (Å²) >= 11 is 0. The number of hydrogen-bond acceptors (Lipinski definition) is 6. The molecule has 1 fully saturated rings. The summed E-state index contributed by atoms with van der Waals surface area (Å²) in [6.07, 6.45) is 3.39. The van der Waals surface area contributed by atoms with Gasteiger partial charge in [0.25, 0.3) is 0 Å². The van der Waals surface area contributed by atoms with E-state index < -0.39 is 0 Å². The summed E-state index contributed by atoms with van der Waals surface area (Å²) in [7, 11) is 1.84. The van der Waals surface area contributed by atoms with Gasteiger partial charge in [-0.25, -0.2) is 9.78 Å². The predicted octanol–water partition coefficient (Wildman–Crippen LogP) is 0.607. The van der Waals surface area contributed by atoms with Crippen molar-refractivity contribution >= 4 is 11.8 Å². The summed E-state index contributed by atoms with van der Waals surface area (Å²) in [6.45, 7) is 5.44. The molecule has 2 aromatic rings. The molecule has 2 N–H and O–H groups in total. The molecule has 3 rings (SSSR count). The van der Waals surface area contributed by atoms with Crippen LogP contribution in [0, 0.1) is 0 Å². The maximum absolute atomic E-state index is 12.0. The number of urea groups is 1. The second kappa shape index (κ2) is 7.93. The number of anilines is 1. The van der Waals surface area contributed by atoms with Gasteiger partial charge in [0.05, 0.1) is 19.3 Å². The number of carbonyl (C=O) groups is 1. The number of amides is 2. The third-order valence-corrected chi connectivity index (χ3v) is 4.08. The molecule has 0 spiro atoms. The zero-order valence-corrected chi connectivity index (χ0v) is 14.5. The van der Waals surface area contributed by atoms with Crippen LogP contribution in [0.4, 0.5) is 10.6 Å². The Kier molecular flexibility index (Phi) is 5.44. The molecule has 3 heterocycles. The van der Waals surface area contributed by atoms with E-state index in [0.717, 1.165) is 37.7 Å². The number of morpholine rings is 1. The van der Waals surface area contributed by atoms with Gasteiger partial charge >= 0.3 is 6.03 Å². The Labute approximate surface area is 146 Å². The minimum Gasteiger partial charge on any atom is -0.378 e. The van der Waals surface area contributed by atoms with Gasteiger partial charge in [-0.3, -0.25) is 0 Å². The number of carbonyl (C=O) groups excluding carboxylic acids is 1. The molecule has 0 bridgehead atoms. The highest BCUT2D eigenvalue weighted by Gasteiger charge is 2.14. The lowest BCUT2D eigenvalue weighted by Crippen LogP contribution is -2.37. The van der Waals surface area contributed by atoms with Gasteiger partial charge in [0.1, 0.15) is 12.1 Å². The van der Waals surface area contributed by atoms with E-state index in [1.54, 1.807) is 17.1 Å². The van der Waals surface area contributed by atoms with Gasteiger partial charge in [0.2, 0.25) is 0 Å². The van der Waals surface area contributed by atoms with Crippen molar-refractivity contribution in [1.29, 1.82) is 0 Å². The molecule has 1 atom stereocenters. The Morgan fingerprint density at radius 2 is 2.16 bits per heavy atom. The third kappa shape index (κ3) is 4.44. The van der Waals surface area contributed by atoms with Crippen molar-refractivity contribution in [2.24, 2.45) is 7.05 Å². The number of aryl methyl sites for hydroxylation is 1. The molecule has 1 aliphatic rings. The van der Waals surface area contributed by atoms with Crippen molar-refractivity contribution in [2.45, 2.75) is 19.5 Å². The Hall–Kier alpha value is -2.68. The molecule has 0 saturated carbocycles. The van der Waals surface area contributed by atoms with E-state index >= 15 is 0 Å². The van der Waals surface area contributed by atoms with Gasteiger partial charge in [-0.05, 0) is 18.6 Å². The van der Waals surface area contributed by atoms with Crippen molar-refractivity contribution in [3.05, 3.63) is 36.0 Å². The van der Waals surface area contributed by atoms with Crippen molar-refractivity contribution in [1.82, 2.24) is 30.4 Å². The number of hydrogen-bond donors (Lipinski definition) is 2. The number of rotatable bonds is 5. The summed E-state index contributed by atoms with van der Waals surface area (Å²) < 4.78 is 7.12. The van der Waals surface area contributed by atoms with Crippen molar-refractivity contribution in [3.8, 4) is 0 Å². The van der Waals surface area contributed by atoms with Crippen LogP contribution in [0.15, 0.2) is 24.7 Å². The molecular formula is C16H23N7O2. The van der Waals surface area contributed by atoms with E-state index in [1.165, 1.54) is 0 Å². The van der Waals surface area contributed by atoms with Crippen LogP contribution in [0.5, 0.6) is 0 Å². The fraction of sp³-hybridized carbons (Fsp3) is 0.500. The number of aromatic nitrogens is 4. The minimum atomic E-state index is -0.257. The maximum atomic E-state index is 12.0. The van der Waals surface area contributed by atoms with Gasteiger partial charge < -0.3 is 24.8 Å². The average Bonchev–Trinajstić information content (AvgIpc) is 3.07. The largest absolute Gasteiger partial charge is 0.378 e. The quantitative estimate of drug-likeness (QED) is 0.824. The monoisotopic (exact) mass is 345 g/mol. The SMILES string of the molecule is C[C@@H](NC(=O)NCc1ccc(N2CCOCC2)nc1)c1nncn1C. The molecule has 1 saturated heterocycles. The molecule has 134 valence electrons. The fourth-order valence-corrected chi connectivity index (χ4v) is 2.68. The zero-order valence-electron chi connectivity index (χ0n) is 14.5. The van der Waals surface area contributed by atoms with E-state index in [1.807, 2.05) is 26.1 Å². The molecule has 2 aromatic heterocycles. The lowest BCUT2D eigenvalue weighted by atomic mass is 10.2. The van der Waals surface area contributed by atoms with Crippen LogP contribution in [0.1, 0.15) is 24.4 Å². The van der Waals surface area contributed by atoms with Gasteiger partial charge in [0, 0.05) is 32.9 Å². The van der Waals surface area contributed by atoms with Crippen molar-refractivity contribution in [3.63, 3.8) is 0 Å². The van der Waals surface area contributed by atoms with Crippen LogP contribution in [-0.2, 0) is 18.3 Å². The number of ether oxygens (including phenoxy) is 1. The first-order valence-corrected chi connectivity index (χ1v) is 8.29.